The number of hydrogen-bond donors (Lipinski definition) is 2. The van der Waals surface area contributed by atoms with Crippen molar-refractivity contribution in [3.05, 3.63) is 18.3 Å². The van der Waals surface area contributed by atoms with Gasteiger partial charge in [0, 0.05) is 39.0 Å². The highest BCUT2D eigenvalue weighted by atomic mass is 16.4. The molecule has 0 bridgehead atoms. The molecule has 114 valence electrons. The van der Waals surface area contributed by atoms with E-state index in [9.17, 15) is 14.7 Å². The maximum Gasteiger partial charge on any atom is 0.303 e. The van der Waals surface area contributed by atoms with Crippen molar-refractivity contribution in [2.24, 2.45) is 0 Å². The van der Waals surface area contributed by atoms with Gasteiger partial charge in [-0.2, -0.15) is 0 Å². The van der Waals surface area contributed by atoms with Crippen LogP contribution in [-0.2, 0) is 9.59 Å². The van der Waals surface area contributed by atoms with Crippen LogP contribution in [0.2, 0.25) is 0 Å². The lowest BCUT2D eigenvalue weighted by atomic mass is 10.2. The van der Waals surface area contributed by atoms with Crippen molar-refractivity contribution in [2.45, 2.75) is 19.3 Å². The Labute approximate surface area is 122 Å². The Morgan fingerprint density at radius 3 is 2.43 bits per heavy atom. The molecule has 0 atom stereocenters. The maximum atomic E-state index is 11.9. The first kappa shape index (κ1) is 15.1. The van der Waals surface area contributed by atoms with E-state index in [1.807, 2.05) is 0 Å². The zero-order valence-electron chi connectivity index (χ0n) is 11.7. The number of rotatable bonds is 5. The number of hydrogen-bond acceptors (Lipinski definition) is 5. The number of carbonyl (C=O) groups is 2. The number of carboxylic acid groups (broad SMARTS) is 1. The van der Waals surface area contributed by atoms with Crippen LogP contribution in [0.3, 0.4) is 0 Å². The van der Waals surface area contributed by atoms with Gasteiger partial charge < -0.3 is 20.0 Å². The van der Waals surface area contributed by atoms with E-state index in [2.05, 4.69) is 9.88 Å². The van der Waals surface area contributed by atoms with E-state index in [4.69, 9.17) is 5.11 Å². The molecule has 7 heteroatoms. The third-order valence-corrected chi connectivity index (χ3v) is 3.47. The van der Waals surface area contributed by atoms with Crippen LogP contribution in [0.15, 0.2) is 18.3 Å². The molecule has 7 nitrogen and oxygen atoms in total. The number of piperazine rings is 1. The predicted molar refractivity (Wildman–Crippen MR) is 76.2 cm³/mol. The van der Waals surface area contributed by atoms with Gasteiger partial charge in [0.25, 0.3) is 0 Å². The average molecular weight is 293 g/mol. The van der Waals surface area contributed by atoms with Crippen molar-refractivity contribution in [2.75, 3.05) is 31.1 Å². The number of carboxylic acids is 1. The highest BCUT2D eigenvalue weighted by Crippen LogP contribution is 2.16. The minimum Gasteiger partial charge on any atom is -0.506 e. The van der Waals surface area contributed by atoms with E-state index in [0.717, 1.165) is 5.82 Å². The Morgan fingerprint density at radius 1 is 1.14 bits per heavy atom. The van der Waals surface area contributed by atoms with Crippen LogP contribution < -0.4 is 4.90 Å². The Hall–Kier alpha value is -2.31. The van der Waals surface area contributed by atoms with Gasteiger partial charge in [0.15, 0.2) is 0 Å². The summed E-state index contributed by atoms with van der Waals surface area (Å²) in [6, 6.07) is 3.34. The second kappa shape index (κ2) is 6.92. The number of carbonyl (C=O) groups excluding carboxylic acids is 1. The third kappa shape index (κ3) is 4.34. The highest BCUT2D eigenvalue weighted by Gasteiger charge is 2.21. The van der Waals surface area contributed by atoms with Gasteiger partial charge in [-0.15, -0.1) is 0 Å². The molecule has 2 rings (SSSR count). The summed E-state index contributed by atoms with van der Waals surface area (Å²) in [6.45, 7) is 2.58. The van der Waals surface area contributed by atoms with Crippen molar-refractivity contribution < 1.29 is 19.8 Å². The quantitative estimate of drug-likeness (QED) is 0.829. The minimum absolute atomic E-state index is 0.00886. The topological polar surface area (TPSA) is 94.0 Å². The molecule has 0 unspecified atom stereocenters. The molecule has 0 saturated carbocycles. The van der Waals surface area contributed by atoms with E-state index in [0.29, 0.717) is 32.6 Å². The van der Waals surface area contributed by atoms with E-state index in [-0.39, 0.29) is 24.5 Å². The standard InChI is InChI=1S/C14H19N3O4/c18-11-4-5-12(15-10-11)16-6-8-17(9-7-16)13(19)2-1-3-14(20)21/h4-5,10,18H,1-3,6-9H2,(H,20,21). The molecule has 1 aromatic rings. The zero-order chi connectivity index (χ0) is 15.2. The van der Waals surface area contributed by atoms with Crippen molar-refractivity contribution in [3.63, 3.8) is 0 Å². The van der Waals surface area contributed by atoms with Gasteiger partial charge in [-0.25, -0.2) is 4.98 Å². The van der Waals surface area contributed by atoms with Crippen molar-refractivity contribution >= 4 is 17.7 Å². The fraction of sp³-hybridized carbons (Fsp3) is 0.500. The van der Waals surface area contributed by atoms with Crippen LogP contribution in [0.5, 0.6) is 5.75 Å². The minimum atomic E-state index is -0.869. The molecule has 0 radical (unpaired) electrons. The largest absolute Gasteiger partial charge is 0.506 e. The lowest BCUT2D eigenvalue weighted by Gasteiger charge is -2.35. The Bertz CT molecular complexity index is 495. The smallest absolute Gasteiger partial charge is 0.303 e. The van der Waals surface area contributed by atoms with Crippen LogP contribution in [0.1, 0.15) is 19.3 Å². The first-order valence-corrected chi connectivity index (χ1v) is 6.96. The van der Waals surface area contributed by atoms with Crippen molar-refractivity contribution in [1.29, 1.82) is 0 Å². The fourth-order valence-corrected chi connectivity index (χ4v) is 2.30. The van der Waals surface area contributed by atoms with Crippen LogP contribution >= 0.6 is 0 Å². The average Bonchev–Trinajstić information content (AvgIpc) is 2.48. The summed E-state index contributed by atoms with van der Waals surface area (Å²) in [4.78, 5) is 30.3. The first-order chi connectivity index (χ1) is 10.1. The second-order valence-corrected chi connectivity index (χ2v) is 4.99. The summed E-state index contributed by atoms with van der Waals surface area (Å²) < 4.78 is 0. The van der Waals surface area contributed by atoms with Crippen LogP contribution in [0, 0.1) is 0 Å². The SMILES string of the molecule is O=C(O)CCCC(=O)N1CCN(c2ccc(O)cn2)CC1. The van der Waals surface area contributed by atoms with Gasteiger partial charge >= 0.3 is 5.97 Å². The first-order valence-electron chi connectivity index (χ1n) is 6.96. The van der Waals surface area contributed by atoms with Crippen LogP contribution in [-0.4, -0.2) is 58.2 Å². The van der Waals surface area contributed by atoms with Gasteiger partial charge in [-0.05, 0) is 18.6 Å². The molecule has 1 fully saturated rings. The Morgan fingerprint density at radius 2 is 1.86 bits per heavy atom. The van der Waals surface area contributed by atoms with Gasteiger partial charge in [0.2, 0.25) is 5.91 Å². The van der Waals surface area contributed by atoms with Gasteiger partial charge in [0.05, 0.1) is 6.20 Å². The summed E-state index contributed by atoms with van der Waals surface area (Å²) in [6.07, 6.45) is 2.10. The lowest BCUT2D eigenvalue weighted by Crippen LogP contribution is -2.49. The number of amides is 1. The number of pyridine rings is 1. The summed E-state index contributed by atoms with van der Waals surface area (Å²) in [5, 5.41) is 17.8. The molecule has 1 saturated heterocycles. The van der Waals surface area contributed by atoms with E-state index in [1.165, 1.54) is 6.20 Å². The molecule has 0 spiro atoms. The van der Waals surface area contributed by atoms with E-state index >= 15 is 0 Å². The molecule has 0 aliphatic carbocycles. The molecular formula is C14H19N3O4. The summed E-state index contributed by atoms with van der Waals surface area (Å²) in [5.74, 6) is 0.0531. The zero-order valence-corrected chi connectivity index (χ0v) is 11.7. The molecule has 2 heterocycles. The van der Waals surface area contributed by atoms with Crippen LogP contribution in [0.25, 0.3) is 0 Å². The number of nitrogens with zero attached hydrogens (tertiary/aromatic N) is 3. The van der Waals surface area contributed by atoms with Gasteiger partial charge in [0.1, 0.15) is 11.6 Å². The predicted octanol–water partition coefficient (Wildman–Crippen LogP) is 0.691. The fourth-order valence-electron chi connectivity index (χ4n) is 2.30. The molecule has 1 aliphatic heterocycles. The molecule has 1 aliphatic rings. The molecule has 0 aromatic carbocycles. The van der Waals surface area contributed by atoms with Gasteiger partial charge in [-0.3, -0.25) is 9.59 Å². The second-order valence-electron chi connectivity index (χ2n) is 4.99. The number of aromatic hydroxyl groups is 1. The number of anilines is 1. The molecular weight excluding hydrogens is 274 g/mol. The Balaban J connectivity index is 1.78. The molecule has 1 aromatic heterocycles. The summed E-state index contributed by atoms with van der Waals surface area (Å²) in [5.41, 5.74) is 0. The number of aliphatic carboxylic acids is 1. The van der Waals surface area contributed by atoms with Crippen molar-refractivity contribution in [3.8, 4) is 5.75 Å². The number of aromatic nitrogens is 1. The lowest BCUT2D eigenvalue weighted by molar-refractivity contribution is -0.137. The van der Waals surface area contributed by atoms with E-state index in [1.54, 1.807) is 17.0 Å². The third-order valence-electron chi connectivity index (χ3n) is 3.47. The van der Waals surface area contributed by atoms with Crippen molar-refractivity contribution in [1.82, 2.24) is 9.88 Å². The highest BCUT2D eigenvalue weighted by molar-refractivity contribution is 5.77. The molecule has 1 amide bonds. The molecule has 2 N–H and O–H groups in total. The normalized spacial score (nSPS) is 15.0. The van der Waals surface area contributed by atoms with E-state index < -0.39 is 5.97 Å². The van der Waals surface area contributed by atoms with Crippen LogP contribution in [0.4, 0.5) is 5.82 Å². The monoisotopic (exact) mass is 293 g/mol. The summed E-state index contributed by atoms with van der Waals surface area (Å²) in [7, 11) is 0. The Kier molecular flexibility index (Phi) is 4.97. The van der Waals surface area contributed by atoms with Gasteiger partial charge in [-0.1, -0.05) is 0 Å². The molecule has 21 heavy (non-hydrogen) atoms. The maximum absolute atomic E-state index is 11.9. The summed E-state index contributed by atoms with van der Waals surface area (Å²) >= 11 is 0.